The van der Waals surface area contributed by atoms with E-state index in [1.54, 1.807) is 0 Å². The minimum absolute atomic E-state index is 0.169. The third-order valence-corrected chi connectivity index (χ3v) is 15.3. The van der Waals surface area contributed by atoms with Gasteiger partial charge in [-0.05, 0) is 106 Å². The van der Waals surface area contributed by atoms with E-state index in [1.165, 1.54) is 102 Å². The number of hydrogen-bond donors (Lipinski definition) is 0. The minimum Gasteiger partial charge on any atom is -0.455 e. The van der Waals surface area contributed by atoms with Gasteiger partial charge >= 0.3 is 0 Å². The molecule has 0 radical (unpaired) electrons. The molecule has 0 N–H and O–H groups in total. The van der Waals surface area contributed by atoms with Crippen LogP contribution in [0.15, 0.2) is 223 Å². The summed E-state index contributed by atoms with van der Waals surface area (Å²) in [6.07, 6.45) is 9.36. The Morgan fingerprint density at radius 1 is 0.375 bits per heavy atom. The van der Waals surface area contributed by atoms with Crippen molar-refractivity contribution in [2.75, 3.05) is 0 Å². The molecule has 1 nitrogen and oxygen atoms in total. The monoisotopic (exact) mass is 830 g/mol. The van der Waals surface area contributed by atoms with Crippen LogP contribution in [-0.4, -0.2) is 0 Å². The van der Waals surface area contributed by atoms with Gasteiger partial charge < -0.3 is 4.42 Å². The molecule has 2 atom stereocenters. The summed E-state index contributed by atoms with van der Waals surface area (Å²) in [7, 11) is 0. The number of thiophene rings is 1. The van der Waals surface area contributed by atoms with Gasteiger partial charge in [0.15, 0.2) is 0 Å². The lowest BCUT2D eigenvalue weighted by Gasteiger charge is -2.33. The molecule has 2 aliphatic rings. The molecule has 0 aliphatic heterocycles. The second-order valence-corrected chi connectivity index (χ2v) is 18.4. The third kappa shape index (κ3) is 5.18. The Bertz CT molecular complexity index is 4080. The van der Waals surface area contributed by atoms with E-state index in [0.717, 1.165) is 27.3 Å². The summed E-state index contributed by atoms with van der Waals surface area (Å²) in [4.78, 5) is 0. The van der Waals surface area contributed by atoms with Gasteiger partial charge in [0, 0.05) is 48.2 Å². The second kappa shape index (κ2) is 13.9. The topological polar surface area (TPSA) is 13.1 Å². The Kier molecular flexibility index (Phi) is 7.75. The summed E-state index contributed by atoms with van der Waals surface area (Å²) in [5.74, 6) is 0.339. The van der Waals surface area contributed by atoms with Gasteiger partial charge in [0.25, 0.3) is 0 Å². The molecule has 2 heterocycles. The minimum atomic E-state index is 0.169. The van der Waals surface area contributed by atoms with E-state index < -0.39 is 0 Å². The van der Waals surface area contributed by atoms with Gasteiger partial charge in [0.1, 0.15) is 11.2 Å². The standard InChI is InChI=1S/C62H38OS/c1-2-16-38(17-3-1)57-43-19-6-8-21-45(43)59(46-22-9-7-20-44(46)57)40-30-32-42-52-27-14-28-53(62(52)64-56(42)36-40)60-49-25-12-10-23-47(49)58(48-24-11-13-26-50(48)60)39-31-34-55-54(35-39)51-33-29-37-15-4-5-18-41(37)61(51)63-55/h1-36,47,49H. The van der Waals surface area contributed by atoms with E-state index in [9.17, 15) is 0 Å². The van der Waals surface area contributed by atoms with Crippen LogP contribution in [0.3, 0.4) is 0 Å². The van der Waals surface area contributed by atoms with Gasteiger partial charge in [0.2, 0.25) is 0 Å². The predicted molar refractivity (Wildman–Crippen MR) is 272 cm³/mol. The van der Waals surface area contributed by atoms with Crippen molar-refractivity contribution in [1.29, 1.82) is 0 Å². The molecule has 64 heavy (non-hydrogen) atoms. The Balaban J connectivity index is 0.984. The van der Waals surface area contributed by atoms with Crippen LogP contribution in [0.25, 0.3) is 108 Å². The van der Waals surface area contributed by atoms with Crippen molar-refractivity contribution < 1.29 is 4.42 Å². The first kappa shape index (κ1) is 35.8. The molecule has 10 aromatic carbocycles. The fourth-order valence-electron chi connectivity index (χ4n) is 11.3. The highest BCUT2D eigenvalue weighted by Crippen LogP contribution is 2.48. The zero-order valence-electron chi connectivity index (χ0n) is 34.8. The van der Waals surface area contributed by atoms with Crippen LogP contribution in [0.4, 0.5) is 0 Å². The number of fused-ring (bicyclic) bond motifs is 12. The first-order valence-corrected chi connectivity index (χ1v) is 23.1. The van der Waals surface area contributed by atoms with Crippen molar-refractivity contribution in [3.63, 3.8) is 0 Å². The average molecular weight is 831 g/mol. The molecule has 0 saturated carbocycles. The van der Waals surface area contributed by atoms with E-state index in [0.29, 0.717) is 0 Å². The first-order chi connectivity index (χ1) is 31.8. The van der Waals surface area contributed by atoms with Crippen LogP contribution in [0.2, 0.25) is 0 Å². The Morgan fingerprint density at radius 3 is 1.72 bits per heavy atom. The molecule has 298 valence electrons. The van der Waals surface area contributed by atoms with Crippen molar-refractivity contribution in [2.45, 2.75) is 0 Å². The van der Waals surface area contributed by atoms with Gasteiger partial charge in [-0.3, -0.25) is 0 Å². The summed E-state index contributed by atoms with van der Waals surface area (Å²) in [5.41, 5.74) is 12.3. The molecule has 2 heteroatoms. The summed E-state index contributed by atoms with van der Waals surface area (Å²) in [6, 6.07) is 71.8. The number of allylic oxidation sites excluding steroid dienone is 4. The van der Waals surface area contributed by atoms with E-state index >= 15 is 0 Å². The predicted octanol–water partition coefficient (Wildman–Crippen LogP) is 15.5. The Labute approximate surface area is 373 Å². The lowest BCUT2D eigenvalue weighted by atomic mass is 9.70. The molecule has 12 aromatic rings. The quantitative estimate of drug-likeness (QED) is 0.161. The van der Waals surface area contributed by atoms with Crippen LogP contribution >= 0.6 is 11.3 Å². The normalized spacial score (nSPS) is 15.9. The largest absolute Gasteiger partial charge is 0.455 e. The van der Waals surface area contributed by atoms with E-state index in [4.69, 9.17) is 4.42 Å². The van der Waals surface area contributed by atoms with E-state index in [1.807, 2.05) is 11.3 Å². The number of hydrogen-bond acceptors (Lipinski definition) is 2. The Hall–Kier alpha value is -7.78. The van der Waals surface area contributed by atoms with Crippen LogP contribution in [-0.2, 0) is 0 Å². The highest BCUT2D eigenvalue weighted by Gasteiger charge is 2.33. The summed E-state index contributed by atoms with van der Waals surface area (Å²) >= 11 is 1.94. The fourth-order valence-corrected chi connectivity index (χ4v) is 12.6. The first-order valence-electron chi connectivity index (χ1n) is 22.2. The van der Waals surface area contributed by atoms with Crippen LogP contribution in [0.1, 0.15) is 11.1 Å². The van der Waals surface area contributed by atoms with Crippen LogP contribution < -0.4 is 10.4 Å². The molecular formula is C62H38OS. The van der Waals surface area contributed by atoms with Crippen molar-refractivity contribution in [3.8, 4) is 22.3 Å². The van der Waals surface area contributed by atoms with Crippen LogP contribution in [0.5, 0.6) is 0 Å². The second-order valence-electron chi connectivity index (χ2n) is 17.4. The van der Waals surface area contributed by atoms with Crippen LogP contribution in [0, 0.1) is 11.8 Å². The summed E-state index contributed by atoms with van der Waals surface area (Å²) < 4.78 is 9.23. The molecule has 0 fully saturated rings. The average Bonchev–Trinajstić information content (AvgIpc) is 3.93. The summed E-state index contributed by atoms with van der Waals surface area (Å²) in [6.45, 7) is 0. The van der Waals surface area contributed by atoms with Gasteiger partial charge in [-0.15, -0.1) is 11.3 Å². The Morgan fingerprint density at radius 2 is 0.969 bits per heavy atom. The number of furan rings is 1. The lowest BCUT2D eigenvalue weighted by molar-refractivity contribution is 0.672. The highest BCUT2D eigenvalue weighted by atomic mass is 32.1. The molecule has 2 unspecified atom stereocenters. The maximum Gasteiger partial charge on any atom is 0.143 e. The zero-order valence-corrected chi connectivity index (χ0v) is 35.6. The summed E-state index contributed by atoms with van der Waals surface area (Å²) in [5, 5.41) is 15.0. The van der Waals surface area contributed by atoms with E-state index in [2.05, 4.69) is 218 Å². The number of benzene rings is 10. The van der Waals surface area contributed by atoms with Crippen molar-refractivity contribution >= 4 is 96.9 Å². The van der Waals surface area contributed by atoms with Gasteiger partial charge in [-0.25, -0.2) is 0 Å². The van der Waals surface area contributed by atoms with Gasteiger partial charge in [-0.1, -0.05) is 194 Å². The fraction of sp³-hybridized carbons (Fsp3) is 0.0323. The van der Waals surface area contributed by atoms with Crippen molar-refractivity contribution in [3.05, 3.63) is 240 Å². The molecule has 2 aromatic heterocycles. The molecule has 0 bridgehead atoms. The maximum absolute atomic E-state index is 6.58. The molecule has 0 spiro atoms. The van der Waals surface area contributed by atoms with Crippen molar-refractivity contribution in [1.82, 2.24) is 0 Å². The molecule has 2 aliphatic carbocycles. The lowest BCUT2D eigenvalue weighted by Crippen LogP contribution is -2.40. The highest BCUT2D eigenvalue weighted by molar-refractivity contribution is 7.26. The van der Waals surface area contributed by atoms with E-state index in [-0.39, 0.29) is 11.8 Å². The molecule has 14 rings (SSSR count). The molecule has 0 saturated heterocycles. The van der Waals surface area contributed by atoms with Gasteiger partial charge in [0.05, 0.1) is 0 Å². The van der Waals surface area contributed by atoms with Gasteiger partial charge in [-0.2, -0.15) is 0 Å². The van der Waals surface area contributed by atoms with Crippen molar-refractivity contribution in [2.24, 2.45) is 11.8 Å². The number of rotatable bonds is 4. The zero-order chi connectivity index (χ0) is 41.9. The SMILES string of the molecule is C1=CC2C(c3ccc4oc5c6ccccc6ccc5c4c3)=c3ccccc3=C(c3cccc4c3sc3cc(-c5c6ccccc6c(-c6ccccc6)c6ccccc56)ccc34)C2C=C1. The molecule has 0 amide bonds. The smallest absolute Gasteiger partial charge is 0.143 e. The maximum atomic E-state index is 6.58. The third-order valence-electron chi connectivity index (χ3n) is 14.1. The molecular weight excluding hydrogens is 793 g/mol.